The number of nitrogens with one attached hydrogen (secondary N) is 2. The Morgan fingerprint density at radius 2 is 1.80 bits per heavy atom. The average Bonchev–Trinajstić information content (AvgIpc) is 3.53. The molecule has 7 nitrogen and oxygen atoms in total. The molecule has 0 aliphatic heterocycles. The van der Waals surface area contributed by atoms with Crippen LogP contribution in [0.3, 0.4) is 0 Å². The van der Waals surface area contributed by atoms with Crippen LogP contribution in [0.1, 0.15) is 39.3 Å². The molecule has 30 heavy (non-hydrogen) atoms. The number of benzene rings is 1. The summed E-state index contributed by atoms with van der Waals surface area (Å²) in [6, 6.07) is 9.84. The van der Waals surface area contributed by atoms with Crippen molar-refractivity contribution in [3.8, 4) is 0 Å². The molecule has 1 aliphatic carbocycles. The molecule has 1 aromatic heterocycles. The van der Waals surface area contributed by atoms with Crippen LogP contribution in [0.2, 0.25) is 5.02 Å². The summed E-state index contributed by atoms with van der Waals surface area (Å²) in [5.74, 6) is -0.812. The number of hydrogen-bond acceptors (Lipinski definition) is 4. The molecule has 3 rings (SSSR count). The van der Waals surface area contributed by atoms with Crippen LogP contribution >= 0.6 is 23.2 Å². The van der Waals surface area contributed by atoms with E-state index in [-0.39, 0.29) is 35.8 Å². The van der Waals surface area contributed by atoms with E-state index in [0.29, 0.717) is 11.6 Å². The molecule has 0 bridgehead atoms. The summed E-state index contributed by atoms with van der Waals surface area (Å²) in [6.45, 7) is 0.712. The predicted molar refractivity (Wildman–Crippen MR) is 115 cm³/mol. The Labute approximate surface area is 184 Å². The van der Waals surface area contributed by atoms with Gasteiger partial charge in [0.05, 0.1) is 5.60 Å². The topological polar surface area (TPSA) is 89.4 Å². The second-order valence-electron chi connectivity index (χ2n) is 7.16. The maximum absolute atomic E-state index is 12.9. The summed E-state index contributed by atoms with van der Waals surface area (Å²) < 4.78 is 6.62. The van der Waals surface area contributed by atoms with E-state index in [0.717, 1.165) is 18.4 Å². The molecule has 0 atom stereocenters. The first-order valence-corrected chi connectivity index (χ1v) is 10.5. The molecular weight excluding hydrogens is 429 g/mol. The zero-order chi connectivity index (χ0) is 21.7. The van der Waals surface area contributed by atoms with Crippen molar-refractivity contribution in [2.45, 2.75) is 31.5 Å². The van der Waals surface area contributed by atoms with Crippen molar-refractivity contribution >= 4 is 35.0 Å². The first-order valence-electron chi connectivity index (χ1n) is 9.55. The van der Waals surface area contributed by atoms with E-state index in [4.69, 9.17) is 27.9 Å². The highest BCUT2D eigenvalue weighted by molar-refractivity contribution is 6.30. The summed E-state index contributed by atoms with van der Waals surface area (Å²) in [5.41, 5.74) is 0.0686. The molecule has 2 amide bonds. The Kier molecular flexibility index (Phi) is 7.18. The Morgan fingerprint density at radius 3 is 2.40 bits per heavy atom. The van der Waals surface area contributed by atoms with Gasteiger partial charge < -0.3 is 19.9 Å². The van der Waals surface area contributed by atoms with Gasteiger partial charge in [-0.15, -0.1) is 11.6 Å². The Morgan fingerprint density at radius 1 is 1.10 bits per heavy atom. The smallest absolute Gasteiger partial charge is 0.268 e. The lowest BCUT2D eigenvalue weighted by Crippen LogP contribution is -2.40. The first-order chi connectivity index (χ1) is 14.4. The van der Waals surface area contributed by atoms with Gasteiger partial charge in [-0.05, 0) is 42.7 Å². The summed E-state index contributed by atoms with van der Waals surface area (Å²) in [6.07, 6.45) is 1.76. The summed E-state index contributed by atoms with van der Waals surface area (Å²) in [4.78, 5) is 38.0. The van der Waals surface area contributed by atoms with Crippen LogP contribution in [0.25, 0.3) is 0 Å². The lowest BCUT2D eigenvalue weighted by Gasteiger charge is -2.17. The molecule has 1 heterocycles. The van der Waals surface area contributed by atoms with E-state index in [9.17, 15) is 14.4 Å². The molecule has 0 unspecified atom stereocenters. The Hall–Kier alpha value is -2.35. The van der Waals surface area contributed by atoms with Crippen LogP contribution in [0.4, 0.5) is 0 Å². The highest BCUT2D eigenvalue weighted by Crippen LogP contribution is 2.37. The van der Waals surface area contributed by atoms with Crippen molar-refractivity contribution in [3.05, 3.63) is 68.6 Å². The Bertz CT molecular complexity index is 985. The lowest BCUT2D eigenvalue weighted by atomic mass is 10.2. The summed E-state index contributed by atoms with van der Waals surface area (Å²) in [5, 5.41) is 6.11. The van der Waals surface area contributed by atoms with E-state index in [1.807, 2.05) is 0 Å². The van der Waals surface area contributed by atoms with Crippen molar-refractivity contribution in [3.63, 3.8) is 0 Å². The van der Waals surface area contributed by atoms with E-state index in [1.54, 1.807) is 31.4 Å². The van der Waals surface area contributed by atoms with E-state index in [2.05, 4.69) is 10.6 Å². The zero-order valence-corrected chi connectivity index (χ0v) is 18.1. The maximum atomic E-state index is 12.9. The number of rotatable bonds is 9. The minimum Gasteiger partial charge on any atom is -0.376 e. The molecule has 0 radical (unpaired) electrons. The highest BCUT2D eigenvalue weighted by atomic mass is 35.5. The van der Waals surface area contributed by atoms with Crippen LogP contribution in [-0.4, -0.2) is 41.5 Å². The molecule has 0 spiro atoms. The largest absolute Gasteiger partial charge is 0.376 e. The molecule has 1 aromatic carbocycles. The first kappa shape index (κ1) is 22.3. The molecule has 160 valence electrons. The van der Waals surface area contributed by atoms with Crippen molar-refractivity contribution in [1.29, 1.82) is 0 Å². The lowest BCUT2D eigenvalue weighted by molar-refractivity contribution is 0.0706. The number of nitrogens with zero attached hydrogens (tertiary/aromatic N) is 1. The number of pyridine rings is 1. The normalized spacial score (nSPS) is 14.2. The van der Waals surface area contributed by atoms with Crippen LogP contribution in [0, 0.1) is 0 Å². The number of hydrogen-bond donors (Lipinski definition) is 2. The fourth-order valence-corrected chi connectivity index (χ4v) is 3.36. The third kappa shape index (κ3) is 5.22. The number of amides is 2. The van der Waals surface area contributed by atoms with Gasteiger partial charge in [-0.3, -0.25) is 14.4 Å². The van der Waals surface area contributed by atoms with Crippen molar-refractivity contribution in [1.82, 2.24) is 15.2 Å². The van der Waals surface area contributed by atoms with E-state index < -0.39 is 17.4 Å². The highest BCUT2D eigenvalue weighted by Gasteiger charge is 2.43. The average molecular weight is 452 g/mol. The van der Waals surface area contributed by atoms with Crippen LogP contribution in [0.5, 0.6) is 0 Å². The molecule has 1 fully saturated rings. The molecule has 9 heteroatoms. The van der Waals surface area contributed by atoms with Crippen molar-refractivity contribution in [2.75, 3.05) is 19.5 Å². The molecule has 1 aliphatic rings. The fraction of sp³-hybridized carbons (Fsp3) is 0.381. The molecule has 2 aromatic rings. The second kappa shape index (κ2) is 9.64. The third-order valence-corrected chi connectivity index (χ3v) is 5.56. The number of aromatic nitrogens is 1. The van der Waals surface area contributed by atoms with Crippen LogP contribution in [0.15, 0.2) is 41.2 Å². The molecular formula is C21H23Cl2N3O4. The Balaban J connectivity index is 1.74. The quantitative estimate of drug-likeness (QED) is 0.573. The SMILES string of the molecule is COC1(CNC(=O)c2ccc(C(=O)NCc3ccc(Cl)cc3)c(=O)n2CCCl)CC1. The van der Waals surface area contributed by atoms with Gasteiger partial charge in [0.15, 0.2) is 0 Å². The van der Waals surface area contributed by atoms with Gasteiger partial charge in [0.1, 0.15) is 11.3 Å². The number of alkyl halides is 1. The van der Waals surface area contributed by atoms with Gasteiger partial charge in [0.25, 0.3) is 17.4 Å². The molecule has 1 saturated carbocycles. The monoisotopic (exact) mass is 451 g/mol. The van der Waals surface area contributed by atoms with Crippen LogP contribution < -0.4 is 16.2 Å². The zero-order valence-electron chi connectivity index (χ0n) is 16.5. The van der Waals surface area contributed by atoms with Gasteiger partial charge in [-0.25, -0.2) is 0 Å². The van der Waals surface area contributed by atoms with Gasteiger partial charge in [-0.2, -0.15) is 0 Å². The van der Waals surface area contributed by atoms with Crippen LogP contribution in [-0.2, 0) is 17.8 Å². The van der Waals surface area contributed by atoms with E-state index >= 15 is 0 Å². The minimum atomic E-state index is -0.565. The second-order valence-corrected chi connectivity index (χ2v) is 7.97. The molecule has 2 N–H and O–H groups in total. The number of methoxy groups -OCH3 is 1. The predicted octanol–water partition coefficient (Wildman–Crippen LogP) is 2.58. The standard InChI is InChI=1S/C21H23Cl2N3O4/c1-30-21(8-9-21)13-25-19(28)17-7-6-16(20(29)26(17)11-10-22)18(27)24-12-14-2-4-15(23)5-3-14/h2-7H,8-13H2,1H3,(H,24,27)(H,25,28). The third-order valence-electron chi connectivity index (χ3n) is 5.14. The van der Waals surface area contributed by atoms with Gasteiger partial charge in [0.2, 0.25) is 0 Å². The number of halogens is 2. The van der Waals surface area contributed by atoms with Gasteiger partial charge >= 0.3 is 0 Å². The van der Waals surface area contributed by atoms with Crippen molar-refractivity contribution in [2.24, 2.45) is 0 Å². The number of ether oxygens (including phenoxy) is 1. The summed E-state index contributed by atoms with van der Waals surface area (Å²) >= 11 is 11.7. The number of carbonyl (C=O) groups excluding carboxylic acids is 2. The van der Waals surface area contributed by atoms with Gasteiger partial charge in [0, 0.05) is 37.6 Å². The molecule has 0 saturated heterocycles. The number of carbonyl (C=O) groups is 2. The van der Waals surface area contributed by atoms with Crippen molar-refractivity contribution < 1.29 is 14.3 Å². The van der Waals surface area contributed by atoms with E-state index in [1.165, 1.54) is 16.7 Å². The minimum absolute atomic E-state index is 0.0545. The fourth-order valence-electron chi connectivity index (χ4n) is 3.06. The maximum Gasteiger partial charge on any atom is 0.268 e. The summed E-state index contributed by atoms with van der Waals surface area (Å²) in [7, 11) is 1.61. The van der Waals surface area contributed by atoms with Gasteiger partial charge in [-0.1, -0.05) is 23.7 Å².